The van der Waals surface area contributed by atoms with Gasteiger partial charge in [-0.3, -0.25) is 19.8 Å². The molecule has 0 unspecified atom stereocenters. The van der Waals surface area contributed by atoms with Crippen LogP contribution in [-0.2, 0) is 12.7 Å². The molecule has 1 aromatic carbocycles. The summed E-state index contributed by atoms with van der Waals surface area (Å²) in [7, 11) is 1.99. The maximum atomic E-state index is 13.9. The molecular formula is C27H24F3N7O. The lowest BCUT2D eigenvalue weighted by Crippen LogP contribution is -2.44. The van der Waals surface area contributed by atoms with Gasteiger partial charge in [0.05, 0.1) is 16.5 Å². The number of benzene rings is 1. The number of aromatic amines is 1. The number of hydrogen-bond donors (Lipinski definition) is 2. The number of hydrogen-bond acceptors (Lipinski definition) is 6. The SMILES string of the molecule is CN1CCN(Cc2ccc(NC(=O)c3cncc(C#Cc4n[nH]c5ncccc45)c3)cc2C(F)(F)F)CC1. The van der Waals surface area contributed by atoms with Crippen molar-refractivity contribution in [2.24, 2.45) is 0 Å². The number of carbonyl (C=O) groups excluding carboxylic acids is 1. The highest BCUT2D eigenvalue weighted by molar-refractivity contribution is 6.04. The summed E-state index contributed by atoms with van der Waals surface area (Å²) < 4.78 is 41.6. The lowest BCUT2D eigenvalue weighted by atomic mass is 10.0. The van der Waals surface area contributed by atoms with Crippen LogP contribution in [0.5, 0.6) is 0 Å². The van der Waals surface area contributed by atoms with Crippen LogP contribution in [0.3, 0.4) is 0 Å². The number of carbonyl (C=O) groups is 1. The molecule has 194 valence electrons. The second kappa shape index (κ2) is 10.6. The minimum Gasteiger partial charge on any atom is -0.322 e. The number of anilines is 1. The third-order valence-electron chi connectivity index (χ3n) is 6.33. The topological polar surface area (TPSA) is 90.0 Å². The normalized spacial score (nSPS) is 14.7. The van der Waals surface area contributed by atoms with Crippen LogP contribution in [0.4, 0.5) is 18.9 Å². The van der Waals surface area contributed by atoms with E-state index in [9.17, 15) is 18.0 Å². The standard InChI is InChI=1S/C27H24F3N7O/c1-36-9-11-37(12-10-36)17-19-5-6-21(14-23(19)27(28,29)30)33-26(38)20-13-18(15-31-16-20)4-7-24-22-3-2-8-32-25(22)35-34-24/h2-3,5-6,8,13-16H,9-12,17H2,1H3,(H,33,38)(H,32,34,35). The Morgan fingerprint density at radius 2 is 1.92 bits per heavy atom. The van der Waals surface area contributed by atoms with E-state index in [1.165, 1.54) is 30.6 Å². The largest absolute Gasteiger partial charge is 0.416 e. The average Bonchev–Trinajstić information content (AvgIpc) is 3.32. The molecule has 5 rings (SSSR count). The van der Waals surface area contributed by atoms with Crippen LogP contribution in [0.2, 0.25) is 0 Å². The van der Waals surface area contributed by atoms with Crippen molar-refractivity contribution in [3.63, 3.8) is 0 Å². The van der Waals surface area contributed by atoms with Crippen LogP contribution >= 0.6 is 0 Å². The van der Waals surface area contributed by atoms with Gasteiger partial charge in [-0.15, -0.1) is 0 Å². The molecule has 1 fully saturated rings. The molecule has 1 aliphatic heterocycles. The first-order valence-corrected chi connectivity index (χ1v) is 11.9. The van der Waals surface area contributed by atoms with Crippen molar-refractivity contribution in [1.29, 1.82) is 0 Å². The number of fused-ring (bicyclic) bond motifs is 1. The highest BCUT2D eigenvalue weighted by Gasteiger charge is 2.34. The van der Waals surface area contributed by atoms with Gasteiger partial charge in [0.1, 0.15) is 5.69 Å². The number of amides is 1. The maximum Gasteiger partial charge on any atom is 0.416 e. The molecule has 0 aliphatic carbocycles. The van der Waals surface area contributed by atoms with Crippen molar-refractivity contribution in [1.82, 2.24) is 30.0 Å². The Labute approximate surface area is 216 Å². The average molecular weight is 520 g/mol. The molecule has 1 amide bonds. The molecule has 3 aromatic heterocycles. The number of aromatic nitrogens is 4. The zero-order valence-corrected chi connectivity index (χ0v) is 20.5. The summed E-state index contributed by atoms with van der Waals surface area (Å²) in [6, 6.07) is 9.04. The van der Waals surface area contributed by atoms with E-state index in [1.54, 1.807) is 12.3 Å². The van der Waals surface area contributed by atoms with Crippen LogP contribution in [0.25, 0.3) is 11.0 Å². The summed E-state index contributed by atoms with van der Waals surface area (Å²) >= 11 is 0. The molecule has 1 aliphatic rings. The van der Waals surface area contributed by atoms with Gasteiger partial charge in [-0.05, 0) is 48.9 Å². The molecule has 0 saturated carbocycles. The van der Waals surface area contributed by atoms with Crippen molar-refractivity contribution in [3.8, 4) is 11.8 Å². The van der Waals surface area contributed by atoms with E-state index in [0.717, 1.165) is 24.5 Å². The summed E-state index contributed by atoms with van der Waals surface area (Å²) in [5, 5.41) is 10.3. The summed E-state index contributed by atoms with van der Waals surface area (Å²) in [5.41, 5.74) is 1.20. The minimum atomic E-state index is -4.55. The van der Waals surface area contributed by atoms with Gasteiger partial charge in [0.25, 0.3) is 5.91 Å². The lowest BCUT2D eigenvalue weighted by Gasteiger charge is -2.33. The van der Waals surface area contributed by atoms with E-state index in [1.807, 2.05) is 18.0 Å². The fourth-order valence-electron chi connectivity index (χ4n) is 4.22. The predicted molar refractivity (Wildman–Crippen MR) is 136 cm³/mol. The molecule has 0 bridgehead atoms. The molecule has 8 nitrogen and oxygen atoms in total. The molecule has 4 heterocycles. The first-order chi connectivity index (χ1) is 18.3. The Morgan fingerprint density at radius 1 is 1.11 bits per heavy atom. The van der Waals surface area contributed by atoms with Crippen molar-refractivity contribution >= 4 is 22.6 Å². The van der Waals surface area contributed by atoms with Crippen LogP contribution in [0.1, 0.15) is 32.7 Å². The first-order valence-electron chi connectivity index (χ1n) is 11.9. The van der Waals surface area contributed by atoms with E-state index < -0.39 is 17.6 Å². The minimum absolute atomic E-state index is 0.0523. The highest BCUT2D eigenvalue weighted by Crippen LogP contribution is 2.34. The van der Waals surface area contributed by atoms with E-state index in [4.69, 9.17) is 0 Å². The summed E-state index contributed by atoms with van der Waals surface area (Å²) in [4.78, 5) is 25.2. The Kier molecular flexibility index (Phi) is 7.09. The van der Waals surface area contributed by atoms with Crippen LogP contribution in [0, 0.1) is 11.8 Å². The van der Waals surface area contributed by atoms with Crippen LogP contribution in [-0.4, -0.2) is 69.1 Å². The zero-order valence-electron chi connectivity index (χ0n) is 20.5. The van der Waals surface area contributed by atoms with Crippen molar-refractivity contribution in [3.05, 3.63) is 82.9 Å². The third-order valence-corrected chi connectivity index (χ3v) is 6.33. The molecule has 38 heavy (non-hydrogen) atoms. The molecule has 4 aromatic rings. The Morgan fingerprint density at radius 3 is 2.71 bits per heavy atom. The fraction of sp³-hybridized carbons (Fsp3) is 0.259. The summed E-state index contributed by atoms with van der Waals surface area (Å²) in [6.45, 7) is 3.21. The lowest BCUT2D eigenvalue weighted by molar-refractivity contribution is -0.138. The molecule has 1 saturated heterocycles. The van der Waals surface area contributed by atoms with E-state index in [0.29, 0.717) is 30.0 Å². The number of alkyl halides is 3. The number of pyridine rings is 2. The zero-order chi connectivity index (χ0) is 26.7. The number of likely N-dealkylation sites (N-methyl/N-ethyl adjacent to an activating group) is 1. The van der Waals surface area contributed by atoms with Crippen LogP contribution < -0.4 is 5.32 Å². The first kappa shape index (κ1) is 25.4. The number of nitrogens with one attached hydrogen (secondary N) is 2. The number of halogens is 3. The molecule has 0 spiro atoms. The quantitative estimate of drug-likeness (QED) is 0.399. The summed E-state index contributed by atoms with van der Waals surface area (Å²) in [5.74, 6) is 5.26. The van der Waals surface area contributed by atoms with E-state index >= 15 is 0 Å². The molecule has 11 heteroatoms. The number of piperazine rings is 1. The fourth-order valence-corrected chi connectivity index (χ4v) is 4.22. The second-order valence-corrected chi connectivity index (χ2v) is 9.09. The van der Waals surface area contributed by atoms with Gasteiger partial charge in [0.2, 0.25) is 0 Å². The number of rotatable bonds is 4. The monoisotopic (exact) mass is 519 g/mol. The van der Waals surface area contributed by atoms with Gasteiger partial charge < -0.3 is 10.2 Å². The van der Waals surface area contributed by atoms with E-state index in [-0.39, 0.29) is 23.4 Å². The second-order valence-electron chi connectivity index (χ2n) is 9.09. The Balaban J connectivity index is 1.32. The van der Waals surface area contributed by atoms with Crippen LogP contribution in [0.15, 0.2) is 55.0 Å². The van der Waals surface area contributed by atoms with Gasteiger partial charge in [-0.25, -0.2) is 4.98 Å². The smallest absolute Gasteiger partial charge is 0.322 e. The van der Waals surface area contributed by atoms with E-state index in [2.05, 4.69) is 42.2 Å². The number of nitrogens with zero attached hydrogens (tertiary/aromatic N) is 5. The number of H-pyrrole nitrogens is 1. The van der Waals surface area contributed by atoms with Gasteiger partial charge in [-0.1, -0.05) is 12.0 Å². The van der Waals surface area contributed by atoms with Crippen molar-refractivity contribution in [2.45, 2.75) is 12.7 Å². The van der Waals surface area contributed by atoms with Gasteiger partial charge in [0.15, 0.2) is 5.65 Å². The Hall–Kier alpha value is -4.27. The summed E-state index contributed by atoms with van der Waals surface area (Å²) in [6.07, 6.45) is -0.0826. The van der Waals surface area contributed by atoms with Gasteiger partial charge >= 0.3 is 6.18 Å². The molecular weight excluding hydrogens is 495 g/mol. The van der Waals surface area contributed by atoms with Crippen molar-refractivity contribution < 1.29 is 18.0 Å². The molecule has 0 radical (unpaired) electrons. The Bertz CT molecular complexity index is 1530. The van der Waals surface area contributed by atoms with Gasteiger partial charge in [0, 0.05) is 62.6 Å². The third kappa shape index (κ3) is 5.82. The molecule has 2 N–H and O–H groups in total. The van der Waals surface area contributed by atoms with Gasteiger partial charge in [-0.2, -0.15) is 18.3 Å². The molecule has 0 atom stereocenters. The maximum absolute atomic E-state index is 13.9. The predicted octanol–water partition coefficient (Wildman–Crippen LogP) is 3.77. The highest BCUT2D eigenvalue weighted by atomic mass is 19.4. The van der Waals surface area contributed by atoms with Crippen molar-refractivity contribution in [2.75, 3.05) is 38.5 Å².